The molecule has 10 heteroatoms. The molecule has 0 unspecified atom stereocenters. The molecule has 1 aliphatic heterocycles. The van der Waals surface area contributed by atoms with Crippen molar-refractivity contribution in [2.24, 2.45) is 0 Å². The van der Waals surface area contributed by atoms with Crippen LogP contribution in [0.15, 0.2) is 53.4 Å². The van der Waals surface area contributed by atoms with E-state index in [4.69, 9.17) is 4.74 Å². The van der Waals surface area contributed by atoms with Gasteiger partial charge in [0.15, 0.2) is 0 Å². The van der Waals surface area contributed by atoms with E-state index in [0.717, 1.165) is 23.3 Å². The minimum atomic E-state index is -4.34. The zero-order valence-electron chi connectivity index (χ0n) is 15.5. The molecule has 1 fully saturated rings. The summed E-state index contributed by atoms with van der Waals surface area (Å²) in [5.74, 6) is 0. The Kier molecular flexibility index (Phi) is 8.07. The number of morpholine rings is 1. The second kappa shape index (κ2) is 9.90. The lowest BCUT2D eigenvalue weighted by Gasteiger charge is -2.26. The van der Waals surface area contributed by atoms with Crippen LogP contribution in [-0.4, -0.2) is 39.0 Å². The van der Waals surface area contributed by atoms with E-state index in [1.54, 1.807) is 24.3 Å². The number of benzene rings is 2. The first kappa shape index (κ1) is 23.6. The lowest BCUT2D eigenvalue weighted by atomic mass is 10.1. The average molecular weight is 451 g/mol. The molecule has 2 aromatic carbocycles. The van der Waals surface area contributed by atoms with Crippen molar-refractivity contribution in [1.82, 2.24) is 9.62 Å². The summed E-state index contributed by atoms with van der Waals surface area (Å²) in [6.45, 7) is 2.36. The normalized spacial score (nSPS) is 15.7. The fourth-order valence-corrected chi connectivity index (χ4v) is 4.29. The molecule has 0 amide bonds. The van der Waals surface area contributed by atoms with Crippen LogP contribution in [0.5, 0.6) is 0 Å². The van der Waals surface area contributed by atoms with Crippen LogP contribution in [0.3, 0.4) is 0 Å². The van der Waals surface area contributed by atoms with Crippen LogP contribution < -0.4 is 5.32 Å². The summed E-state index contributed by atoms with van der Waals surface area (Å²) in [4.78, 5) is 0.237. The highest BCUT2D eigenvalue weighted by Gasteiger charge is 2.30. The second-order valence-corrected chi connectivity index (χ2v) is 8.40. The minimum Gasteiger partial charge on any atom is -0.379 e. The van der Waals surface area contributed by atoms with Crippen LogP contribution in [0, 0.1) is 0 Å². The molecule has 0 bridgehead atoms. The molecular formula is C19H22ClF3N2O3S. The smallest absolute Gasteiger partial charge is 0.379 e. The third kappa shape index (κ3) is 6.16. The Hall–Kier alpha value is -1.65. The Balaban J connectivity index is 0.00000300. The summed E-state index contributed by atoms with van der Waals surface area (Å²) in [5.41, 5.74) is 0.945. The van der Waals surface area contributed by atoms with Gasteiger partial charge in [0, 0.05) is 26.2 Å². The molecule has 0 atom stereocenters. The highest BCUT2D eigenvalue weighted by Crippen LogP contribution is 2.29. The summed E-state index contributed by atoms with van der Waals surface area (Å²) in [6, 6.07) is 11.6. The van der Waals surface area contributed by atoms with Gasteiger partial charge in [0.25, 0.3) is 0 Å². The van der Waals surface area contributed by atoms with Gasteiger partial charge >= 0.3 is 6.18 Å². The lowest BCUT2D eigenvalue weighted by Crippen LogP contribution is -2.40. The molecular weight excluding hydrogens is 429 g/mol. The van der Waals surface area contributed by atoms with Crippen molar-refractivity contribution in [1.29, 1.82) is 0 Å². The van der Waals surface area contributed by atoms with Gasteiger partial charge in [0.05, 0.1) is 23.7 Å². The maximum atomic E-state index is 12.6. The predicted molar refractivity (Wildman–Crippen MR) is 105 cm³/mol. The first-order valence-corrected chi connectivity index (χ1v) is 10.2. The van der Waals surface area contributed by atoms with Crippen molar-refractivity contribution in [3.63, 3.8) is 0 Å². The van der Waals surface area contributed by atoms with Crippen molar-refractivity contribution in [2.75, 3.05) is 26.3 Å². The van der Waals surface area contributed by atoms with Crippen LogP contribution >= 0.6 is 12.4 Å². The van der Waals surface area contributed by atoms with Gasteiger partial charge in [-0.15, -0.1) is 12.4 Å². The van der Waals surface area contributed by atoms with E-state index in [0.29, 0.717) is 39.4 Å². The monoisotopic (exact) mass is 450 g/mol. The number of alkyl halides is 3. The predicted octanol–water partition coefficient (Wildman–Crippen LogP) is 3.44. The van der Waals surface area contributed by atoms with Gasteiger partial charge in [-0.2, -0.15) is 17.5 Å². The molecule has 1 N–H and O–H groups in total. The Morgan fingerprint density at radius 1 is 0.897 bits per heavy atom. The number of nitrogens with one attached hydrogen (secondary N) is 1. The zero-order chi connectivity index (χ0) is 20.2. The van der Waals surface area contributed by atoms with E-state index in [-0.39, 0.29) is 17.3 Å². The number of sulfonamides is 1. The number of hydrogen-bond acceptors (Lipinski definition) is 4. The van der Waals surface area contributed by atoms with Gasteiger partial charge in [-0.05, 0) is 35.4 Å². The van der Waals surface area contributed by atoms with Crippen LogP contribution in [0.4, 0.5) is 13.2 Å². The molecule has 1 saturated heterocycles. The molecule has 0 aliphatic carbocycles. The number of nitrogens with zero attached hydrogens (tertiary/aromatic N) is 1. The first-order chi connectivity index (χ1) is 13.3. The van der Waals surface area contributed by atoms with E-state index >= 15 is 0 Å². The topological polar surface area (TPSA) is 58.6 Å². The Morgan fingerprint density at radius 3 is 1.86 bits per heavy atom. The van der Waals surface area contributed by atoms with Gasteiger partial charge in [0.2, 0.25) is 10.0 Å². The second-order valence-electron chi connectivity index (χ2n) is 6.46. The highest BCUT2D eigenvalue weighted by molar-refractivity contribution is 7.89. The van der Waals surface area contributed by atoms with E-state index in [1.807, 2.05) is 0 Å². The Bertz CT molecular complexity index is 882. The third-order valence-corrected chi connectivity index (χ3v) is 6.38. The van der Waals surface area contributed by atoms with Crippen molar-refractivity contribution in [3.8, 4) is 0 Å². The summed E-state index contributed by atoms with van der Waals surface area (Å²) in [6.07, 6.45) is -4.34. The minimum absolute atomic E-state index is 0. The number of ether oxygens (including phenoxy) is 1. The molecule has 1 heterocycles. The average Bonchev–Trinajstić information content (AvgIpc) is 2.69. The Morgan fingerprint density at radius 2 is 1.38 bits per heavy atom. The highest BCUT2D eigenvalue weighted by atomic mass is 35.5. The van der Waals surface area contributed by atoms with E-state index < -0.39 is 21.8 Å². The fraction of sp³-hybridized carbons (Fsp3) is 0.368. The van der Waals surface area contributed by atoms with Crippen LogP contribution in [0.1, 0.15) is 16.7 Å². The van der Waals surface area contributed by atoms with Crippen molar-refractivity contribution < 1.29 is 26.3 Å². The number of halogens is 4. The molecule has 0 saturated carbocycles. The maximum absolute atomic E-state index is 12.6. The van der Waals surface area contributed by atoms with Gasteiger partial charge in [-0.3, -0.25) is 0 Å². The molecule has 0 spiro atoms. The van der Waals surface area contributed by atoms with Crippen molar-refractivity contribution in [3.05, 3.63) is 65.2 Å². The molecule has 0 aromatic heterocycles. The molecule has 0 radical (unpaired) electrons. The van der Waals surface area contributed by atoms with E-state index in [9.17, 15) is 21.6 Å². The number of rotatable bonds is 6. The summed E-state index contributed by atoms with van der Waals surface area (Å²) in [7, 11) is -3.52. The molecule has 3 rings (SSSR count). The fourth-order valence-electron chi connectivity index (χ4n) is 2.88. The summed E-state index contributed by atoms with van der Waals surface area (Å²) in [5, 5.41) is 3.14. The van der Waals surface area contributed by atoms with Gasteiger partial charge in [-0.25, -0.2) is 8.42 Å². The zero-order valence-corrected chi connectivity index (χ0v) is 17.1. The molecule has 1 aliphatic rings. The van der Waals surface area contributed by atoms with Crippen molar-refractivity contribution in [2.45, 2.75) is 24.2 Å². The summed E-state index contributed by atoms with van der Waals surface area (Å²) >= 11 is 0. The van der Waals surface area contributed by atoms with Crippen LogP contribution in [0.2, 0.25) is 0 Å². The van der Waals surface area contributed by atoms with E-state index in [2.05, 4.69) is 5.32 Å². The van der Waals surface area contributed by atoms with Crippen LogP contribution in [0.25, 0.3) is 0 Å². The van der Waals surface area contributed by atoms with Gasteiger partial charge in [-0.1, -0.05) is 24.3 Å². The lowest BCUT2D eigenvalue weighted by molar-refractivity contribution is -0.137. The molecule has 160 valence electrons. The number of hydrogen-bond donors (Lipinski definition) is 1. The first-order valence-electron chi connectivity index (χ1n) is 8.80. The van der Waals surface area contributed by atoms with Crippen molar-refractivity contribution >= 4 is 22.4 Å². The third-order valence-electron chi connectivity index (χ3n) is 4.47. The molecule has 29 heavy (non-hydrogen) atoms. The van der Waals surface area contributed by atoms with E-state index in [1.165, 1.54) is 16.4 Å². The molecule has 5 nitrogen and oxygen atoms in total. The largest absolute Gasteiger partial charge is 0.416 e. The summed E-state index contributed by atoms with van der Waals surface area (Å²) < 4.78 is 69.4. The SMILES string of the molecule is Cl.O=S(=O)(c1ccc(CNCc2ccc(C(F)(F)F)cc2)cc1)N1CCOCC1. The standard InChI is InChI=1S/C19H21F3N2O3S.ClH/c20-19(21,22)17-5-1-15(2-6-17)13-23-14-16-3-7-18(8-4-16)28(25,26)24-9-11-27-12-10-24;/h1-8,23H,9-14H2;1H. The quantitative estimate of drug-likeness (QED) is 0.732. The van der Waals surface area contributed by atoms with Gasteiger partial charge in [0.1, 0.15) is 0 Å². The Labute approximate surface area is 174 Å². The van der Waals surface area contributed by atoms with Gasteiger partial charge < -0.3 is 10.1 Å². The molecule has 2 aromatic rings. The maximum Gasteiger partial charge on any atom is 0.416 e. The van der Waals surface area contributed by atoms with Crippen LogP contribution in [-0.2, 0) is 34.0 Å².